The normalized spacial score (nSPS) is 22.1. The highest BCUT2D eigenvalue weighted by atomic mass is 79.9. The number of hydrogen-bond donors (Lipinski definition) is 2. The van der Waals surface area contributed by atoms with E-state index in [0.29, 0.717) is 12.8 Å². The van der Waals surface area contributed by atoms with Crippen LogP contribution >= 0.6 is 15.9 Å². The lowest BCUT2D eigenvalue weighted by Crippen LogP contribution is -2.27. The maximum atomic E-state index is 11.9. The second kappa shape index (κ2) is 4.49. The van der Waals surface area contributed by atoms with Crippen LogP contribution in [0.4, 0.5) is 5.69 Å². The number of carbonyl (C=O) groups excluding carboxylic acids is 1. The Balaban J connectivity index is 2.19. The van der Waals surface area contributed by atoms with Crippen LogP contribution in [0.3, 0.4) is 0 Å². The molecule has 1 aliphatic heterocycles. The molecule has 90 valence electrons. The number of alkyl halides is 1. The summed E-state index contributed by atoms with van der Waals surface area (Å²) in [4.78, 5) is 22.4. The molecule has 1 aliphatic rings. The molecule has 0 aliphatic carbocycles. The van der Waals surface area contributed by atoms with Crippen LogP contribution in [0, 0.1) is 0 Å². The summed E-state index contributed by atoms with van der Waals surface area (Å²) in [6.07, 6.45) is 1.01. The summed E-state index contributed by atoms with van der Waals surface area (Å²) in [6, 6.07) is 7.44. The number of amides is 1. The van der Waals surface area contributed by atoms with Crippen molar-refractivity contribution in [1.82, 2.24) is 0 Å². The third kappa shape index (κ3) is 2.20. The lowest BCUT2D eigenvalue weighted by molar-refractivity contribution is -0.137. The van der Waals surface area contributed by atoms with Crippen LogP contribution in [0.25, 0.3) is 0 Å². The smallest absolute Gasteiger partial charge is 0.303 e. The zero-order valence-corrected chi connectivity index (χ0v) is 10.7. The van der Waals surface area contributed by atoms with Gasteiger partial charge in [0, 0.05) is 17.7 Å². The third-order valence-corrected chi connectivity index (χ3v) is 4.06. The average Bonchev–Trinajstić information content (AvgIpc) is 2.52. The first-order chi connectivity index (χ1) is 8.04. The van der Waals surface area contributed by atoms with Crippen LogP contribution in [0.2, 0.25) is 0 Å². The van der Waals surface area contributed by atoms with E-state index < -0.39 is 10.3 Å². The Labute approximate surface area is 107 Å². The summed E-state index contributed by atoms with van der Waals surface area (Å²) < 4.78 is -0.779. The summed E-state index contributed by atoms with van der Waals surface area (Å²) in [7, 11) is 0. The molecule has 0 spiro atoms. The van der Waals surface area contributed by atoms with Crippen molar-refractivity contribution < 1.29 is 14.7 Å². The first-order valence-corrected chi connectivity index (χ1v) is 6.15. The fourth-order valence-corrected chi connectivity index (χ4v) is 2.74. The Hall–Kier alpha value is -1.36. The maximum absolute atomic E-state index is 11.9. The van der Waals surface area contributed by atoms with E-state index in [9.17, 15) is 9.59 Å². The van der Waals surface area contributed by atoms with Crippen molar-refractivity contribution in [2.45, 2.75) is 23.6 Å². The summed E-state index contributed by atoms with van der Waals surface area (Å²) >= 11 is 3.46. The number of carboxylic acids is 1. The number of nitrogens with one attached hydrogen (secondary N) is 1. The van der Waals surface area contributed by atoms with E-state index in [0.717, 1.165) is 11.3 Å². The van der Waals surface area contributed by atoms with Gasteiger partial charge >= 0.3 is 5.97 Å². The molecule has 1 heterocycles. The number of benzene rings is 1. The van der Waals surface area contributed by atoms with E-state index in [1.54, 1.807) is 0 Å². The first-order valence-electron chi connectivity index (χ1n) is 5.36. The second-order valence-electron chi connectivity index (χ2n) is 4.05. The molecule has 0 aromatic heterocycles. The molecule has 0 fully saturated rings. The van der Waals surface area contributed by atoms with Crippen LogP contribution in [0.15, 0.2) is 24.3 Å². The van der Waals surface area contributed by atoms with Gasteiger partial charge in [0.1, 0.15) is 4.32 Å². The molecular weight excluding hydrogens is 286 g/mol. The number of hydrogen-bond acceptors (Lipinski definition) is 2. The Morgan fingerprint density at radius 3 is 2.82 bits per heavy atom. The lowest BCUT2D eigenvalue weighted by Gasteiger charge is -2.19. The minimum absolute atomic E-state index is 0.0722. The number of fused-ring (bicyclic) bond motifs is 1. The van der Waals surface area contributed by atoms with Gasteiger partial charge in [-0.15, -0.1) is 0 Å². The average molecular weight is 298 g/mol. The predicted molar refractivity (Wildman–Crippen MR) is 67.2 cm³/mol. The van der Waals surface area contributed by atoms with E-state index in [-0.39, 0.29) is 12.3 Å². The summed E-state index contributed by atoms with van der Waals surface area (Å²) in [5.74, 6) is -0.961. The maximum Gasteiger partial charge on any atom is 0.303 e. The Kier molecular flexibility index (Phi) is 3.19. The highest BCUT2D eigenvalue weighted by Gasteiger charge is 2.43. The molecule has 1 aromatic carbocycles. The number of para-hydroxylation sites is 1. The van der Waals surface area contributed by atoms with Gasteiger partial charge in [-0.05, 0) is 18.9 Å². The van der Waals surface area contributed by atoms with E-state index in [1.807, 2.05) is 24.3 Å². The minimum atomic E-state index is -0.840. The first kappa shape index (κ1) is 12.1. The molecule has 1 unspecified atom stereocenters. The molecule has 1 amide bonds. The number of aliphatic carboxylic acids is 1. The quantitative estimate of drug-likeness (QED) is 0.839. The minimum Gasteiger partial charge on any atom is -0.481 e. The summed E-state index contributed by atoms with van der Waals surface area (Å²) in [5, 5.41) is 11.4. The third-order valence-electron chi connectivity index (χ3n) is 2.87. The molecule has 2 N–H and O–H groups in total. The van der Waals surface area contributed by atoms with Crippen molar-refractivity contribution >= 4 is 33.5 Å². The molecule has 1 atom stereocenters. The molecule has 5 heteroatoms. The standard InChI is InChI=1S/C12H12BrNO3/c13-12(7-3-6-10(15)16)8-4-1-2-5-9(8)14-11(12)17/h1-2,4-5H,3,6-7H2,(H,14,17)(H,15,16). The van der Waals surface area contributed by atoms with Crippen LogP contribution in [-0.4, -0.2) is 17.0 Å². The van der Waals surface area contributed by atoms with Gasteiger partial charge in [-0.25, -0.2) is 0 Å². The van der Waals surface area contributed by atoms with Gasteiger partial charge in [-0.1, -0.05) is 34.1 Å². The Morgan fingerprint density at radius 1 is 1.41 bits per heavy atom. The lowest BCUT2D eigenvalue weighted by atomic mass is 9.94. The Morgan fingerprint density at radius 2 is 2.12 bits per heavy atom. The summed E-state index contributed by atoms with van der Waals surface area (Å²) in [5.41, 5.74) is 1.68. The highest BCUT2D eigenvalue weighted by Crippen LogP contribution is 2.45. The van der Waals surface area contributed by atoms with Gasteiger partial charge in [0.15, 0.2) is 0 Å². The van der Waals surface area contributed by atoms with Gasteiger partial charge in [0.25, 0.3) is 0 Å². The Bertz CT molecular complexity index is 475. The molecule has 0 radical (unpaired) electrons. The van der Waals surface area contributed by atoms with Gasteiger partial charge in [0.05, 0.1) is 0 Å². The number of anilines is 1. The second-order valence-corrected chi connectivity index (χ2v) is 5.40. The zero-order valence-electron chi connectivity index (χ0n) is 9.07. The molecule has 1 aromatic rings. The van der Waals surface area contributed by atoms with E-state index in [1.165, 1.54) is 0 Å². The van der Waals surface area contributed by atoms with E-state index in [2.05, 4.69) is 21.2 Å². The molecular formula is C12H12BrNO3. The van der Waals surface area contributed by atoms with Crippen molar-refractivity contribution in [2.75, 3.05) is 5.32 Å². The largest absolute Gasteiger partial charge is 0.481 e. The molecule has 0 bridgehead atoms. The van der Waals surface area contributed by atoms with Gasteiger partial charge < -0.3 is 10.4 Å². The number of carboxylic acid groups (broad SMARTS) is 1. The summed E-state index contributed by atoms with van der Waals surface area (Å²) in [6.45, 7) is 0. The van der Waals surface area contributed by atoms with Crippen molar-refractivity contribution in [3.8, 4) is 0 Å². The molecule has 4 nitrogen and oxygen atoms in total. The molecule has 2 rings (SSSR count). The molecule has 0 saturated heterocycles. The zero-order chi connectivity index (χ0) is 12.5. The van der Waals surface area contributed by atoms with E-state index >= 15 is 0 Å². The van der Waals surface area contributed by atoms with Crippen molar-refractivity contribution in [2.24, 2.45) is 0 Å². The van der Waals surface area contributed by atoms with Crippen molar-refractivity contribution in [3.05, 3.63) is 29.8 Å². The SMILES string of the molecule is O=C(O)CCCC1(Br)C(=O)Nc2ccccc21. The van der Waals surface area contributed by atoms with E-state index in [4.69, 9.17) is 5.11 Å². The van der Waals surface area contributed by atoms with Crippen molar-refractivity contribution in [3.63, 3.8) is 0 Å². The number of carbonyl (C=O) groups is 2. The van der Waals surface area contributed by atoms with Crippen LogP contribution in [-0.2, 0) is 13.9 Å². The van der Waals surface area contributed by atoms with Crippen LogP contribution in [0.5, 0.6) is 0 Å². The van der Waals surface area contributed by atoms with Gasteiger partial charge in [0.2, 0.25) is 5.91 Å². The fourth-order valence-electron chi connectivity index (χ4n) is 2.01. The highest BCUT2D eigenvalue weighted by molar-refractivity contribution is 9.10. The monoisotopic (exact) mass is 297 g/mol. The predicted octanol–water partition coefficient (Wildman–Crippen LogP) is 2.48. The molecule has 0 saturated carbocycles. The van der Waals surface area contributed by atoms with Gasteiger partial charge in [-0.3, -0.25) is 9.59 Å². The topological polar surface area (TPSA) is 66.4 Å². The van der Waals surface area contributed by atoms with Gasteiger partial charge in [-0.2, -0.15) is 0 Å². The van der Waals surface area contributed by atoms with Crippen molar-refractivity contribution in [1.29, 1.82) is 0 Å². The van der Waals surface area contributed by atoms with Crippen LogP contribution < -0.4 is 5.32 Å². The van der Waals surface area contributed by atoms with Crippen LogP contribution in [0.1, 0.15) is 24.8 Å². The number of rotatable bonds is 4. The fraction of sp³-hybridized carbons (Fsp3) is 0.333. The molecule has 17 heavy (non-hydrogen) atoms. The number of halogens is 1.